The van der Waals surface area contributed by atoms with Gasteiger partial charge in [-0.3, -0.25) is 10.1 Å². The van der Waals surface area contributed by atoms with Crippen molar-refractivity contribution >= 4 is 17.9 Å². The molecule has 0 aromatic carbocycles. The molecule has 2 N–H and O–H groups in total. The van der Waals surface area contributed by atoms with Gasteiger partial charge in [0.05, 0.1) is 0 Å². The van der Waals surface area contributed by atoms with Crippen LogP contribution in [0, 0.1) is 5.92 Å². The number of urea groups is 1. The minimum atomic E-state index is -0.731. The van der Waals surface area contributed by atoms with Gasteiger partial charge in [0.25, 0.3) is 5.91 Å². The number of ether oxygens (including phenoxy) is 2. The van der Waals surface area contributed by atoms with Crippen molar-refractivity contribution in [3.63, 3.8) is 0 Å². The number of imide groups is 1. The molecule has 0 aliphatic heterocycles. The van der Waals surface area contributed by atoms with E-state index < -0.39 is 30.6 Å². The predicted molar refractivity (Wildman–Crippen MR) is 77.7 cm³/mol. The molecule has 0 heterocycles. The summed E-state index contributed by atoms with van der Waals surface area (Å²) in [5, 5.41) is 4.54. The Balaban J connectivity index is 3.85. The number of esters is 1. The van der Waals surface area contributed by atoms with Crippen molar-refractivity contribution in [2.45, 2.75) is 46.6 Å². The molecule has 21 heavy (non-hydrogen) atoms. The van der Waals surface area contributed by atoms with Crippen LogP contribution in [0.4, 0.5) is 4.79 Å². The summed E-state index contributed by atoms with van der Waals surface area (Å²) in [7, 11) is 0. The summed E-state index contributed by atoms with van der Waals surface area (Å²) in [4.78, 5) is 34.1. The Morgan fingerprint density at radius 3 is 2.38 bits per heavy atom. The van der Waals surface area contributed by atoms with E-state index in [1.807, 2.05) is 6.92 Å². The second kappa shape index (κ2) is 11.1. The zero-order chi connectivity index (χ0) is 16.3. The maximum absolute atomic E-state index is 11.6. The van der Waals surface area contributed by atoms with Gasteiger partial charge in [-0.15, -0.1) is 0 Å². The Kier molecular flexibility index (Phi) is 10.2. The summed E-state index contributed by atoms with van der Waals surface area (Å²) in [6.45, 7) is 8.00. The molecule has 0 aromatic heterocycles. The smallest absolute Gasteiger partial charge is 0.335 e. The highest BCUT2D eigenvalue weighted by atomic mass is 16.6. The maximum Gasteiger partial charge on any atom is 0.335 e. The van der Waals surface area contributed by atoms with Crippen molar-refractivity contribution in [3.05, 3.63) is 0 Å². The molecule has 0 bridgehead atoms. The normalized spacial score (nSPS) is 11.9. The molecule has 3 amide bonds. The second-order valence-corrected chi connectivity index (χ2v) is 5.11. The summed E-state index contributed by atoms with van der Waals surface area (Å²) >= 11 is 0. The van der Waals surface area contributed by atoms with Crippen LogP contribution < -0.4 is 10.6 Å². The van der Waals surface area contributed by atoms with Crippen LogP contribution in [0.1, 0.15) is 40.5 Å². The van der Waals surface area contributed by atoms with E-state index in [0.29, 0.717) is 19.1 Å². The van der Waals surface area contributed by atoms with Crippen LogP contribution in [0.2, 0.25) is 0 Å². The molecule has 0 saturated heterocycles. The van der Waals surface area contributed by atoms with Gasteiger partial charge in [0.15, 0.2) is 12.7 Å². The van der Waals surface area contributed by atoms with Gasteiger partial charge in [0.2, 0.25) is 0 Å². The van der Waals surface area contributed by atoms with Gasteiger partial charge in [0, 0.05) is 13.2 Å². The van der Waals surface area contributed by atoms with Crippen molar-refractivity contribution in [1.29, 1.82) is 0 Å². The zero-order valence-electron chi connectivity index (χ0n) is 13.2. The Bertz CT molecular complexity index is 344. The number of carbonyl (C=O) groups is 3. The summed E-state index contributed by atoms with van der Waals surface area (Å²) in [5.41, 5.74) is 0. The van der Waals surface area contributed by atoms with Crippen molar-refractivity contribution in [3.8, 4) is 0 Å². The first-order valence-electron chi connectivity index (χ1n) is 7.22. The van der Waals surface area contributed by atoms with Crippen LogP contribution in [0.15, 0.2) is 0 Å². The van der Waals surface area contributed by atoms with Gasteiger partial charge in [0.1, 0.15) is 0 Å². The highest BCUT2D eigenvalue weighted by Gasteiger charge is 2.17. The lowest BCUT2D eigenvalue weighted by atomic mass is 10.1. The molecule has 122 valence electrons. The van der Waals surface area contributed by atoms with Gasteiger partial charge >= 0.3 is 12.0 Å². The predicted octanol–water partition coefficient (Wildman–Crippen LogP) is 1.22. The number of nitrogens with one attached hydrogen (secondary N) is 2. The summed E-state index contributed by atoms with van der Waals surface area (Å²) in [5.74, 6) is -0.810. The van der Waals surface area contributed by atoms with Gasteiger partial charge in [-0.05, 0) is 25.7 Å². The van der Waals surface area contributed by atoms with E-state index in [4.69, 9.17) is 9.47 Å². The molecule has 0 spiro atoms. The van der Waals surface area contributed by atoms with Gasteiger partial charge in [-0.25, -0.2) is 9.59 Å². The second-order valence-electron chi connectivity index (χ2n) is 5.11. The van der Waals surface area contributed by atoms with Crippen LogP contribution in [0.3, 0.4) is 0 Å². The van der Waals surface area contributed by atoms with Crippen LogP contribution in [-0.4, -0.2) is 43.8 Å². The minimum Gasteiger partial charge on any atom is -0.454 e. The number of amides is 3. The average Bonchev–Trinajstić information content (AvgIpc) is 2.41. The van der Waals surface area contributed by atoms with E-state index >= 15 is 0 Å². The van der Waals surface area contributed by atoms with Crippen molar-refractivity contribution < 1.29 is 23.9 Å². The molecule has 0 aliphatic carbocycles. The van der Waals surface area contributed by atoms with Gasteiger partial charge < -0.3 is 14.8 Å². The fourth-order valence-electron chi connectivity index (χ4n) is 1.25. The number of hydrogen-bond donors (Lipinski definition) is 2. The van der Waals surface area contributed by atoms with E-state index in [-0.39, 0.29) is 0 Å². The minimum absolute atomic E-state index is 0.458. The van der Waals surface area contributed by atoms with Gasteiger partial charge in [-0.2, -0.15) is 0 Å². The van der Waals surface area contributed by atoms with Crippen LogP contribution >= 0.6 is 0 Å². The molecule has 0 aromatic rings. The van der Waals surface area contributed by atoms with Crippen molar-refractivity contribution in [2.75, 3.05) is 19.8 Å². The third-order valence-corrected chi connectivity index (χ3v) is 2.53. The van der Waals surface area contributed by atoms with E-state index in [9.17, 15) is 14.4 Å². The van der Waals surface area contributed by atoms with Crippen LogP contribution in [-0.2, 0) is 19.1 Å². The van der Waals surface area contributed by atoms with Crippen molar-refractivity contribution in [1.82, 2.24) is 10.6 Å². The molecule has 0 radical (unpaired) electrons. The zero-order valence-corrected chi connectivity index (χ0v) is 13.2. The highest BCUT2D eigenvalue weighted by Crippen LogP contribution is 2.02. The topological polar surface area (TPSA) is 93.7 Å². The van der Waals surface area contributed by atoms with Crippen LogP contribution in [0.5, 0.6) is 0 Å². The quantitative estimate of drug-likeness (QED) is 0.625. The molecule has 0 saturated carbocycles. The highest BCUT2D eigenvalue weighted by molar-refractivity contribution is 5.95. The molecular weight excluding hydrogens is 276 g/mol. The van der Waals surface area contributed by atoms with Gasteiger partial charge in [-0.1, -0.05) is 20.8 Å². The molecule has 7 heteroatoms. The first-order valence-corrected chi connectivity index (χ1v) is 7.22. The molecular formula is C14H26N2O5. The maximum atomic E-state index is 11.6. The van der Waals surface area contributed by atoms with E-state index in [0.717, 1.165) is 12.8 Å². The fourth-order valence-corrected chi connectivity index (χ4v) is 1.25. The Labute approximate surface area is 125 Å². The van der Waals surface area contributed by atoms with Crippen molar-refractivity contribution in [2.24, 2.45) is 5.92 Å². The molecule has 0 rings (SSSR count). The summed E-state index contributed by atoms with van der Waals surface area (Å²) in [6, 6.07) is -0.598. The summed E-state index contributed by atoms with van der Waals surface area (Å²) in [6.07, 6.45) is 0.878. The van der Waals surface area contributed by atoms with E-state index in [2.05, 4.69) is 24.5 Å². The third kappa shape index (κ3) is 10.8. The lowest BCUT2D eigenvalue weighted by Gasteiger charge is -2.13. The first kappa shape index (κ1) is 19.4. The molecule has 7 nitrogen and oxygen atoms in total. The number of carbonyl (C=O) groups excluding carboxylic acids is 3. The summed E-state index contributed by atoms with van der Waals surface area (Å²) < 4.78 is 10.1. The third-order valence-electron chi connectivity index (χ3n) is 2.53. The Morgan fingerprint density at radius 1 is 1.14 bits per heavy atom. The monoisotopic (exact) mass is 302 g/mol. The molecule has 1 atom stereocenters. The van der Waals surface area contributed by atoms with Crippen LogP contribution in [0.25, 0.3) is 0 Å². The fraction of sp³-hybridized carbons (Fsp3) is 0.786. The number of hydrogen-bond acceptors (Lipinski definition) is 5. The largest absolute Gasteiger partial charge is 0.454 e. The SMILES string of the molecule is CCCNC(=O)NC(=O)COC(=O)C(C)OCCC(C)C. The van der Waals surface area contributed by atoms with E-state index in [1.54, 1.807) is 6.92 Å². The van der Waals surface area contributed by atoms with E-state index in [1.165, 1.54) is 0 Å². The molecule has 0 aliphatic rings. The molecule has 1 unspecified atom stereocenters. The first-order chi connectivity index (χ1) is 9.86. The lowest BCUT2D eigenvalue weighted by Crippen LogP contribution is -2.42. The Morgan fingerprint density at radius 2 is 1.81 bits per heavy atom. The number of rotatable bonds is 9. The average molecular weight is 302 g/mol. The molecule has 0 fully saturated rings. The Hall–Kier alpha value is -1.63. The standard InChI is InChI=1S/C14H26N2O5/c1-5-7-15-14(19)16-12(17)9-21-13(18)11(4)20-8-6-10(2)3/h10-11H,5-9H2,1-4H3,(H2,15,16,17,19). The lowest BCUT2D eigenvalue weighted by molar-refractivity contribution is -0.159.